The van der Waals surface area contributed by atoms with Crippen LogP contribution in [0.5, 0.6) is 0 Å². The van der Waals surface area contributed by atoms with Gasteiger partial charge in [-0.1, -0.05) is 12.1 Å². The third-order valence-corrected chi connectivity index (χ3v) is 4.60. The summed E-state index contributed by atoms with van der Waals surface area (Å²) in [5.74, 6) is 0.853. The number of benzene rings is 1. The van der Waals surface area contributed by atoms with Crippen LogP contribution in [0.15, 0.2) is 24.3 Å². The molecule has 0 atom stereocenters. The molecule has 1 fully saturated rings. The average Bonchev–Trinajstić information content (AvgIpc) is 2.74. The molecule has 0 saturated carbocycles. The van der Waals surface area contributed by atoms with Gasteiger partial charge in [0.15, 0.2) is 4.77 Å². The molecule has 0 amide bonds. The number of nitrogens with one attached hydrogen (secondary N) is 1. The number of para-hydroxylation sites is 2. The van der Waals surface area contributed by atoms with Crippen LogP contribution in [0.2, 0.25) is 0 Å². The lowest BCUT2D eigenvalue weighted by atomic mass is 9.94. The van der Waals surface area contributed by atoms with Gasteiger partial charge in [-0.05, 0) is 69.7 Å². The van der Waals surface area contributed by atoms with Crippen molar-refractivity contribution in [3.05, 3.63) is 29.0 Å². The van der Waals surface area contributed by atoms with E-state index in [4.69, 9.17) is 12.2 Å². The first-order valence-electron chi connectivity index (χ1n) is 7.10. The van der Waals surface area contributed by atoms with Gasteiger partial charge in [0.1, 0.15) is 0 Å². The maximum atomic E-state index is 5.44. The van der Waals surface area contributed by atoms with E-state index in [-0.39, 0.29) is 0 Å². The van der Waals surface area contributed by atoms with E-state index in [0.29, 0.717) is 0 Å². The lowest BCUT2D eigenvalue weighted by Gasteiger charge is -2.28. The number of hydrogen-bond donors (Lipinski definition) is 1. The highest BCUT2D eigenvalue weighted by Gasteiger charge is 2.16. The highest BCUT2D eigenvalue weighted by Crippen LogP contribution is 2.22. The third-order valence-electron chi connectivity index (χ3n) is 4.28. The van der Waals surface area contributed by atoms with Crippen molar-refractivity contribution in [2.24, 2.45) is 5.92 Å². The second-order valence-electron chi connectivity index (χ2n) is 5.63. The number of rotatable bonds is 3. The number of nitrogens with zero attached hydrogens (tertiary/aromatic N) is 2. The van der Waals surface area contributed by atoms with E-state index in [1.165, 1.54) is 37.9 Å². The number of hydrogen-bond acceptors (Lipinski definition) is 2. The number of aromatic nitrogens is 2. The Morgan fingerprint density at radius 3 is 2.79 bits per heavy atom. The second-order valence-corrected chi connectivity index (χ2v) is 6.02. The smallest absolute Gasteiger partial charge is 0.178 e. The fourth-order valence-electron chi connectivity index (χ4n) is 2.99. The van der Waals surface area contributed by atoms with Gasteiger partial charge in [0.25, 0.3) is 0 Å². The fourth-order valence-corrected chi connectivity index (χ4v) is 3.29. The number of imidazole rings is 1. The Morgan fingerprint density at radius 2 is 2.00 bits per heavy atom. The van der Waals surface area contributed by atoms with Crippen LogP contribution in [-0.2, 0) is 6.54 Å². The summed E-state index contributed by atoms with van der Waals surface area (Å²) in [4.78, 5) is 5.72. The van der Waals surface area contributed by atoms with Crippen molar-refractivity contribution in [3.8, 4) is 0 Å². The summed E-state index contributed by atoms with van der Waals surface area (Å²) in [7, 11) is 2.21. The molecular formula is C15H21N3S. The Balaban J connectivity index is 1.72. The average molecular weight is 275 g/mol. The van der Waals surface area contributed by atoms with Crippen molar-refractivity contribution in [2.75, 3.05) is 20.1 Å². The van der Waals surface area contributed by atoms with Crippen LogP contribution in [0, 0.1) is 10.7 Å². The zero-order chi connectivity index (χ0) is 13.2. The van der Waals surface area contributed by atoms with Crippen LogP contribution >= 0.6 is 12.2 Å². The van der Waals surface area contributed by atoms with Crippen molar-refractivity contribution in [1.29, 1.82) is 0 Å². The van der Waals surface area contributed by atoms with Gasteiger partial charge in [0.05, 0.1) is 11.0 Å². The van der Waals surface area contributed by atoms with E-state index in [1.807, 2.05) is 0 Å². The standard InChI is InChI=1S/C15H21N3S/c1-17-9-6-12(7-10-17)8-11-18-14-5-3-2-4-13(14)16-15(18)19/h2-5,12H,6-11H2,1H3,(H,16,19). The first-order chi connectivity index (χ1) is 9.24. The van der Waals surface area contributed by atoms with Crippen molar-refractivity contribution in [2.45, 2.75) is 25.8 Å². The zero-order valence-electron chi connectivity index (χ0n) is 11.4. The van der Waals surface area contributed by atoms with Crippen LogP contribution in [0.3, 0.4) is 0 Å². The van der Waals surface area contributed by atoms with Gasteiger partial charge in [-0.3, -0.25) is 0 Å². The summed E-state index contributed by atoms with van der Waals surface area (Å²) in [5, 5.41) is 0. The van der Waals surface area contributed by atoms with Gasteiger partial charge >= 0.3 is 0 Å². The minimum absolute atomic E-state index is 0.853. The molecule has 0 radical (unpaired) electrons. The van der Waals surface area contributed by atoms with Gasteiger partial charge in [-0.2, -0.15) is 0 Å². The second kappa shape index (κ2) is 5.47. The largest absolute Gasteiger partial charge is 0.331 e. The minimum atomic E-state index is 0.853. The normalized spacial score (nSPS) is 18.2. The summed E-state index contributed by atoms with van der Waals surface area (Å²) >= 11 is 5.44. The molecule has 0 spiro atoms. The molecule has 2 aromatic rings. The molecule has 3 rings (SSSR count). The van der Waals surface area contributed by atoms with Crippen LogP contribution < -0.4 is 0 Å². The Morgan fingerprint density at radius 1 is 1.26 bits per heavy atom. The first kappa shape index (κ1) is 12.9. The molecule has 1 aromatic carbocycles. The molecule has 4 heteroatoms. The van der Waals surface area contributed by atoms with Crippen molar-refractivity contribution >= 4 is 23.3 Å². The lowest BCUT2D eigenvalue weighted by Crippen LogP contribution is -2.30. The molecular weight excluding hydrogens is 254 g/mol. The molecule has 102 valence electrons. The molecule has 19 heavy (non-hydrogen) atoms. The topological polar surface area (TPSA) is 24.0 Å². The van der Waals surface area contributed by atoms with Gasteiger partial charge in [-0.15, -0.1) is 0 Å². The van der Waals surface area contributed by atoms with Crippen LogP contribution in [0.1, 0.15) is 19.3 Å². The molecule has 1 aliphatic rings. The first-order valence-corrected chi connectivity index (χ1v) is 7.51. The number of piperidine rings is 1. The Hall–Kier alpha value is -1.13. The van der Waals surface area contributed by atoms with E-state index in [0.717, 1.165) is 22.8 Å². The molecule has 3 nitrogen and oxygen atoms in total. The predicted octanol–water partition coefficient (Wildman–Crippen LogP) is 3.43. The highest BCUT2D eigenvalue weighted by atomic mass is 32.1. The number of H-pyrrole nitrogens is 1. The quantitative estimate of drug-likeness (QED) is 0.868. The van der Waals surface area contributed by atoms with E-state index in [9.17, 15) is 0 Å². The van der Waals surface area contributed by atoms with Gasteiger partial charge in [0.2, 0.25) is 0 Å². The van der Waals surface area contributed by atoms with E-state index >= 15 is 0 Å². The van der Waals surface area contributed by atoms with E-state index < -0.39 is 0 Å². The Kier molecular flexibility index (Phi) is 3.71. The monoisotopic (exact) mass is 275 g/mol. The molecule has 1 saturated heterocycles. The van der Waals surface area contributed by atoms with Gasteiger partial charge < -0.3 is 14.5 Å². The molecule has 1 N–H and O–H groups in total. The summed E-state index contributed by atoms with van der Waals surface area (Å²) in [6.07, 6.45) is 3.89. The summed E-state index contributed by atoms with van der Waals surface area (Å²) in [5.41, 5.74) is 2.39. The molecule has 0 bridgehead atoms. The summed E-state index contributed by atoms with van der Waals surface area (Å²) < 4.78 is 3.11. The maximum absolute atomic E-state index is 5.44. The van der Waals surface area contributed by atoms with Crippen molar-refractivity contribution < 1.29 is 0 Å². The van der Waals surface area contributed by atoms with Gasteiger partial charge in [-0.25, -0.2) is 0 Å². The minimum Gasteiger partial charge on any atom is -0.331 e. The zero-order valence-corrected chi connectivity index (χ0v) is 12.2. The number of aryl methyl sites for hydroxylation is 1. The number of likely N-dealkylation sites (tertiary alicyclic amines) is 1. The van der Waals surface area contributed by atoms with Crippen LogP contribution in [0.25, 0.3) is 11.0 Å². The van der Waals surface area contributed by atoms with Crippen LogP contribution in [-0.4, -0.2) is 34.6 Å². The molecule has 0 unspecified atom stereocenters. The number of aromatic amines is 1. The number of fused-ring (bicyclic) bond motifs is 1. The summed E-state index contributed by atoms with van der Waals surface area (Å²) in [6.45, 7) is 3.52. The summed E-state index contributed by atoms with van der Waals surface area (Å²) in [6, 6.07) is 8.37. The highest BCUT2D eigenvalue weighted by molar-refractivity contribution is 7.71. The predicted molar refractivity (Wildman–Crippen MR) is 82.0 cm³/mol. The third kappa shape index (κ3) is 2.74. The van der Waals surface area contributed by atoms with Crippen molar-refractivity contribution in [1.82, 2.24) is 14.5 Å². The maximum Gasteiger partial charge on any atom is 0.178 e. The Bertz CT molecular complexity index is 605. The molecule has 0 aliphatic carbocycles. The van der Waals surface area contributed by atoms with Crippen molar-refractivity contribution in [3.63, 3.8) is 0 Å². The van der Waals surface area contributed by atoms with Crippen LogP contribution in [0.4, 0.5) is 0 Å². The molecule has 1 aromatic heterocycles. The van der Waals surface area contributed by atoms with Gasteiger partial charge in [0, 0.05) is 6.54 Å². The lowest BCUT2D eigenvalue weighted by molar-refractivity contribution is 0.208. The SMILES string of the molecule is CN1CCC(CCn2c(=S)[nH]c3ccccc32)CC1. The molecule has 2 heterocycles. The molecule has 1 aliphatic heterocycles. The fraction of sp³-hybridized carbons (Fsp3) is 0.533. The Labute approximate surface area is 119 Å². The van der Waals surface area contributed by atoms with E-state index in [2.05, 4.69) is 45.8 Å². The van der Waals surface area contributed by atoms with E-state index in [1.54, 1.807) is 0 Å².